The van der Waals surface area contributed by atoms with Gasteiger partial charge in [0.2, 0.25) is 5.91 Å². The summed E-state index contributed by atoms with van der Waals surface area (Å²) in [6, 6.07) is 13.1. The molecule has 1 unspecified atom stereocenters. The summed E-state index contributed by atoms with van der Waals surface area (Å²) in [6.07, 6.45) is 6.66. The smallest absolute Gasteiger partial charge is 0.246 e. The average molecular weight is 547 g/mol. The monoisotopic (exact) mass is 546 g/mol. The number of fused-ring (bicyclic) bond motifs is 1. The van der Waals surface area contributed by atoms with Gasteiger partial charge in [-0.15, -0.1) is 0 Å². The molecule has 2 aromatic carbocycles. The van der Waals surface area contributed by atoms with Crippen LogP contribution in [0.15, 0.2) is 67.5 Å². The highest BCUT2D eigenvalue weighted by Gasteiger charge is 2.28. The minimum Gasteiger partial charge on any atom is -0.495 e. The number of carbonyl (C=O) groups excluding carboxylic acids is 1. The van der Waals surface area contributed by atoms with E-state index in [0.29, 0.717) is 41.1 Å². The molecule has 5 rings (SSSR count). The van der Waals surface area contributed by atoms with E-state index in [9.17, 15) is 4.79 Å². The number of likely N-dealkylation sites (tertiary alicyclic amines) is 1. The Balaban J connectivity index is 1.53. The molecule has 39 heavy (non-hydrogen) atoms. The van der Waals surface area contributed by atoms with Gasteiger partial charge in [-0.1, -0.05) is 24.2 Å². The maximum Gasteiger partial charge on any atom is 0.246 e. The number of pyridine rings is 1. The zero-order chi connectivity index (χ0) is 27.5. The van der Waals surface area contributed by atoms with Crippen molar-refractivity contribution < 1.29 is 19.0 Å². The Kier molecular flexibility index (Phi) is 7.74. The first kappa shape index (κ1) is 26.6. The first-order chi connectivity index (χ1) is 18.9. The Labute approximate surface area is 232 Å². The van der Waals surface area contributed by atoms with Crippen LogP contribution in [0.1, 0.15) is 32.7 Å². The fourth-order valence-electron chi connectivity index (χ4n) is 4.89. The third-order valence-electron chi connectivity index (χ3n) is 6.67. The summed E-state index contributed by atoms with van der Waals surface area (Å²) < 4.78 is 19.5. The Morgan fingerprint density at radius 3 is 2.62 bits per heavy atom. The molecule has 1 amide bonds. The lowest BCUT2D eigenvalue weighted by molar-refractivity contribution is -0.127. The van der Waals surface area contributed by atoms with Gasteiger partial charge in [-0.25, -0.2) is 0 Å². The standard InChI is InChI=1S/C30H31ClN4O4/c1-5-27(36)34-15-7-8-21(18-34)35-30-23(16-32-17-26(30)38-19(2)3)29(33-35)20-11-13-22(14-12-20)39-25-10-6-9-24(37-4)28(25)31/h5-6,9-14,16-17,19,21H,1,7-8,15,18H2,2-4H3. The van der Waals surface area contributed by atoms with E-state index in [-0.39, 0.29) is 18.1 Å². The molecule has 0 saturated carbocycles. The molecule has 1 fully saturated rings. The number of ether oxygens (including phenoxy) is 3. The highest BCUT2D eigenvalue weighted by Crippen LogP contribution is 2.39. The van der Waals surface area contributed by atoms with E-state index in [1.165, 1.54) is 6.08 Å². The van der Waals surface area contributed by atoms with E-state index in [1.54, 1.807) is 25.4 Å². The van der Waals surface area contributed by atoms with Crippen LogP contribution < -0.4 is 14.2 Å². The van der Waals surface area contributed by atoms with Crippen molar-refractivity contribution in [3.63, 3.8) is 0 Å². The van der Waals surface area contributed by atoms with Crippen molar-refractivity contribution in [2.24, 2.45) is 0 Å². The van der Waals surface area contributed by atoms with E-state index in [1.807, 2.05) is 60.0 Å². The van der Waals surface area contributed by atoms with Gasteiger partial charge < -0.3 is 19.1 Å². The van der Waals surface area contributed by atoms with E-state index in [4.69, 9.17) is 30.9 Å². The second kappa shape index (κ2) is 11.4. The van der Waals surface area contributed by atoms with Crippen LogP contribution in [-0.4, -0.2) is 51.9 Å². The zero-order valence-electron chi connectivity index (χ0n) is 22.3. The first-order valence-corrected chi connectivity index (χ1v) is 13.3. The molecule has 0 N–H and O–H groups in total. The van der Waals surface area contributed by atoms with Crippen LogP contribution in [0.25, 0.3) is 22.2 Å². The molecular weight excluding hydrogens is 516 g/mol. The number of hydrogen-bond donors (Lipinski definition) is 0. The summed E-state index contributed by atoms with van der Waals surface area (Å²) >= 11 is 6.41. The molecule has 9 heteroatoms. The van der Waals surface area contributed by atoms with E-state index >= 15 is 0 Å². The Bertz CT molecular complexity index is 1500. The molecule has 1 aliphatic rings. The number of aromatic nitrogens is 3. The summed E-state index contributed by atoms with van der Waals surface area (Å²) in [5.74, 6) is 2.29. The number of nitrogens with zero attached hydrogens (tertiary/aromatic N) is 4. The highest BCUT2D eigenvalue weighted by atomic mass is 35.5. The average Bonchev–Trinajstić information content (AvgIpc) is 3.35. The van der Waals surface area contributed by atoms with Crippen molar-refractivity contribution in [3.05, 3.63) is 72.5 Å². The van der Waals surface area contributed by atoms with Gasteiger partial charge >= 0.3 is 0 Å². The normalized spacial score (nSPS) is 15.4. The second-order valence-corrected chi connectivity index (χ2v) is 10.1. The first-order valence-electron chi connectivity index (χ1n) is 12.9. The maximum atomic E-state index is 12.4. The van der Waals surface area contributed by atoms with Gasteiger partial charge in [-0.3, -0.25) is 14.5 Å². The quantitative estimate of drug-likeness (QED) is 0.229. The van der Waals surface area contributed by atoms with Crippen LogP contribution in [0.2, 0.25) is 5.02 Å². The molecule has 8 nitrogen and oxygen atoms in total. The number of carbonyl (C=O) groups is 1. The Hall–Kier alpha value is -4.04. The van der Waals surface area contributed by atoms with Crippen molar-refractivity contribution >= 4 is 28.4 Å². The van der Waals surface area contributed by atoms with E-state index < -0.39 is 0 Å². The Morgan fingerprint density at radius 1 is 1.13 bits per heavy atom. The van der Waals surface area contributed by atoms with Crippen molar-refractivity contribution in [3.8, 4) is 34.3 Å². The molecule has 2 aromatic heterocycles. The van der Waals surface area contributed by atoms with Gasteiger partial charge in [0.15, 0.2) is 5.75 Å². The number of halogens is 1. The second-order valence-electron chi connectivity index (χ2n) is 9.68. The van der Waals surface area contributed by atoms with Gasteiger partial charge in [0.05, 0.1) is 30.8 Å². The van der Waals surface area contributed by atoms with Crippen LogP contribution in [-0.2, 0) is 4.79 Å². The molecule has 1 saturated heterocycles. The minimum atomic E-state index is -0.0663. The molecule has 1 atom stereocenters. The van der Waals surface area contributed by atoms with Crippen LogP contribution in [0.5, 0.6) is 23.0 Å². The van der Waals surface area contributed by atoms with Crippen molar-refractivity contribution in [1.82, 2.24) is 19.7 Å². The van der Waals surface area contributed by atoms with Gasteiger partial charge in [0.25, 0.3) is 0 Å². The number of methoxy groups -OCH3 is 1. The molecule has 4 aromatic rings. The topological polar surface area (TPSA) is 78.7 Å². The van der Waals surface area contributed by atoms with Gasteiger partial charge in [-0.2, -0.15) is 5.10 Å². The number of piperidine rings is 1. The van der Waals surface area contributed by atoms with Crippen LogP contribution in [0.4, 0.5) is 0 Å². The Morgan fingerprint density at radius 2 is 1.90 bits per heavy atom. The predicted octanol–water partition coefficient (Wildman–Crippen LogP) is 6.69. The largest absolute Gasteiger partial charge is 0.495 e. The van der Waals surface area contributed by atoms with E-state index in [0.717, 1.165) is 35.0 Å². The summed E-state index contributed by atoms with van der Waals surface area (Å²) in [4.78, 5) is 18.7. The fraction of sp³-hybridized carbons (Fsp3) is 0.300. The van der Waals surface area contributed by atoms with Gasteiger partial charge in [0.1, 0.15) is 33.5 Å². The fourth-order valence-corrected chi connectivity index (χ4v) is 5.13. The van der Waals surface area contributed by atoms with Gasteiger partial charge in [0, 0.05) is 24.8 Å². The molecule has 0 radical (unpaired) electrons. The van der Waals surface area contributed by atoms with Crippen molar-refractivity contribution in [1.29, 1.82) is 0 Å². The van der Waals surface area contributed by atoms with Crippen molar-refractivity contribution in [2.75, 3.05) is 20.2 Å². The molecule has 1 aliphatic heterocycles. The van der Waals surface area contributed by atoms with Gasteiger partial charge in [-0.05, 0) is 69.2 Å². The SMILES string of the molecule is C=CC(=O)N1CCCC(n2nc(-c3ccc(Oc4cccc(OC)c4Cl)cc3)c3cncc(OC(C)C)c32)C1. The molecule has 3 heterocycles. The lowest BCUT2D eigenvalue weighted by Crippen LogP contribution is -2.40. The van der Waals surface area contributed by atoms with Crippen LogP contribution >= 0.6 is 11.6 Å². The lowest BCUT2D eigenvalue weighted by Gasteiger charge is -2.32. The maximum absolute atomic E-state index is 12.4. The number of rotatable bonds is 8. The molecule has 0 spiro atoms. The third-order valence-corrected chi connectivity index (χ3v) is 7.04. The number of benzene rings is 2. The number of amides is 1. The summed E-state index contributed by atoms with van der Waals surface area (Å²) in [6.45, 7) is 8.89. The molecule has 0 bridgehead atoms. The van der Waals surface area contributed by atoms with Crippen LogP contribution in [0.3, 0.4) is 0 Å². The summed E-state index contributed by atoms with van der Waals surface area (Å²) in [5.41, 5.74) is 2.56. The number of hydrogen-bond acceptors (Lipinski definition) is 6. The van der Waals surface area contributed by atoms with Crippen molar-refractivity contribution in [2.45, 2.75) is 38.8 Å². The summed E-state index contributed by atoms with van der Waals surface area (Å²) in [5, 5.41) is 6.37. The van der Waals surface area contributed by atoms with E-state index in [2.05, 4.69) is 11.6 Å². The zero-order valence-corrected chi connectivity index (χ0v) is 23.0. The molecule has 0 aliphatic carbocycles. The third kappa shape index (κ3) is 5.43. The highest BCUT2D eigenvalue weighted by molar-refractivity contribution is 6.33. The van der Waals surface area contributed by atoms with Crippen LogP contribution in [0, 0.1) is 0 Å². The summed E-state index contributed by atoms with van der Waals surface area (Å²) in [7, 11) is 1.57. The lowest BCUT2D eigenvalue weighted by atomic mass is 10.1. The minimum absolute atomic E-state index is 0.00591. The molecular formula is C30H31ClN4O4. The molecule has 202 valence electrons. The predicted molar refractivity (Wildman–Crippen MR) is 152 cm³/mol.